The number of carbonyl (C=O) groups is 1. The zero-order valence-corrected chi connectivity index (χ0v) is 17.8. The lowest BCUT2D eigenvalue weighted by atomic mass is 9.48. The van der Waals surface area contributed by atoms with Gasteiger partial charge in [0.1, 0.15) is 11.9 Å². The summed E-state index contributed by atoms with van der Waals surface area (Å²) in [5, 5.41) is 11.1. The second-order valence-electron chi connectivity index (χ2n) is 9.67. The Labute approximate surface area is 178 Å². The smallest absolute Gasteiger partial charge is 0.337 e. The normalized spacial score (nSPS) is 30.2. The first kappa shape index (κ1) is 19.6. The second kappa shape index (κ2) is 7.42. The molecule has 0 heterocycles. The minimum Gasteiger partial charge on any atom is -0.496 e. The lowest BCUT2D eigenvalue weighted by Gasteiger charge is -2.57. The van der Waals surface area contributed by atoms with Crippen molar-refractivity contribution in [3.8, 4) is 5.75 Å². The van der Waals surface area contributed by atoms with Crippen LogP contribution in [0.5, 0.6) is 5.75 Å². The highest BCUT2D eigenvalue weighted by atomic mass is 16.5. The third-order valence-corrected chi connectivity index (χ3v) is 7.80. The number of ether oxygens (including phenoxy) is 2. The van der Waals surface area contributed by atoms with Crippen molar-refractivity contribution in [2.24, 2.45) is 17.8 Å². The summed E-state index contributed by atoms with van der Waals surface area (Å²) in [6.45, 7) is 0. The maximum Gasteiger partial charge on any atom is 0.337 e. The Hall–Kier alpha value is -2.33. The summed E-state index contributed by atoms with van der Waals surface area (Å²) < 4.78 is 10.6. The quantitative estimate of drug-likeness (QED) is 0.708. The number of aliphatic hydroxyl groups excluding tert-OH is 1. The molecule has 0 saturated heterocycles. The van der Waals surface area contributed by atoms with Crippen molar-refractivity contribution in [3.63, 3.8) is 0 Å². The van der Waals surface area contributed by atoms with E-state index in [-0.39, 0.29) is 11.4 Å². The number of methoxy groups -OCH3 is 2. The highest BCUT2D eigenvalue weighted by molar-refractivity contribution is 5.89. The van der Waals surface area contributed by atoms with E-state index in [1.807, 2.05) is 12.1 Å². The average molecular weight is 407 g/mol. The molecule has 0 aliphatic heterocycles. The highest BCUT2D eigenvalue weighted by Crippen LogP contribution is 2.62. The van der Waals surface area contributed by atoms with Gasteiger partial charge in [0, 0.05) is 5.56 Å². The van der Waals surface area contributed by atoms with Gasteiger partial charge < -0.3 is 14.6 Å². The summed E-state index contributed by atoms with van der Waals surface area (Å²) in [4.78, 5) is 11.7. The second-order valence-corrected chi connectivity index (χ2v) is 9.67. The van der Waals surface area contributed by atoms with Crippen molar-refractivity contribution in [1.29, 1.82) is 0 Å². The number of hydrogen-bond donors (Lipinski definition) is 1. The van der Waals surface area contributed by atoms with Gasteiger partial charge in [-0.1, -0.05) is 18.2 Å². The van der Waals surface area contributed by atoms with E-state index in [2.05, 4.69) is 6.07 Å². The van der Waals surface area contributed by atoms with Gasteiger partial charge in [-0.05, 0) is 97.1 Å². The number of benzene rings is 2. The third-order valence-electron chi connectivity index (χ3n) is 7.80. The highest BCUT2D eigenvalue weighted by Gasteiger charge is 2.52. The molecular weight excluding hydrogens is 376 g/mol. The van der Waals surface area contributed by atoms with Crippen LogP contribution in [0.2, 0.25) is 0 Å². The molecule has 1 unspecified atom stereocenters. The number of rotatable bonds is 5. The van der Waals surface area contributed by atoms with Gasteiger partial charge in [0.2, 0.25) is 0 Å². The van der Waals surface area contributed by atoms with Gasteiger partial charge in [0.25, 0.3) is 0 Å². The Bertz CT molecular complexity index is 911. The molecule has 0 radical (unpaired) electrons. The molecule has 0 aromatic heterocycles. The maximum absolute atomic E-state index is 11.7. The number of carbonyl (C=O) groups excluding carboxylic acids is 1. The van der Waals surface area contributed by atoms with Crippen molar-refractivity contribution in [3.05, 3.63) is 64.7 Å². The van der Waals surface area contributed by atoms with Gasteiger partial charge >= 0.3 is 5.97 Å². The minimum atomic E-state index is -0.740. The molecule has 6 rings (SSSR count). The van der Waals surface area contributed by atoms with Crippen LogP contribution in [-0.2, 0) is 10.2 Å². The predicted octanol–water partition coefficient (Wildman–Crippen LogP) is 5.03. The molecule has 158 valence electrons. The predicted molar refractivity (Wildman–Crippen MR) is 115 cm³/mol. The first-order chi connectivity index (χ1) is 14.5. The van der Waals surface area contributed by atoms with Crippen LogP contribution in [0.25, 0.3) is 0 Å². The summed E-state index contributed by atoms with van der Waals surface area (Å²) >= 11 is 0. The van der Waals surface area contributed by atoms with Crippen molar-refractivity contribution in [1.82, 2.24) is 0 Å². The lowest BCUT2D eigenvalue weighted by molar-refractivity contribution is -0.00624. The molecule has 2 aromatic rings. The van der Waals surface area contributed by atoms with Gasteiger partial charge in [0.05, 0.1) is 19.8 Å². The Balaban J connectivity index is 1.48. The molecule has 4 nitrogen and oxygen atoms in total. The molecule has 0 spiro atoms. The molecule has 4 aliphatic carbocycles. The molecule has 1 N–H and O–H groups in total. The standard InChI is InChI=1S/C26H30O4/c1-29-23-8-7-21(24(27)19-3-5-20(6-4-19)25(28)30-2)12-22(23)26-13-16-9-17(14-26)11-18(10-16)15-26/h3-8,12,16-18,24,27H,9-11,13-15H2,1-2H3. The lowest BCUT2D eigenvalue weighted by Crippen LogP contribution is -2.48. The zero-order chi connectivity index (χ0) is 20.9. The fraction of sp³-hybridized carbons (Fsp3) is 0.500. The fourth-order valence-electron chi connectivity index (χ4n) is 6.86. The van der Waals surface area contributed by atoms with Crippen LogP contribution in [0.3, 0.4) is 0 Å². The van der Waals surface area contributed by atoms with E-state index in [1.165, 1.54) is 51.2 Å². The first-order valence-electron chi connectivity index (χ1n) is 11.1. The molecule has 4 fully saturated rings. The number of hydrogen-bond acceptors (Lipinski definition) is 4. The SMILES string of the molecule is COC(=O)c1ccc(C(O)c2ccc(OC)c(C34CC5CC(CC(C5)C3)C4)c2)cc1. The van der Waals surface area contributed by atoms with E-state index in [0.717, 1.165) is 34.6 Å². The fourth-order valence-corrected chi connectivity index (χ4v) is 6.86. The molecule has 4 heteroatoms. The summed E-state index contributed by atoms with van der Waals surface area (Å²) in [6.07, 6.45) is 7.22. The van der Waals surface area contributed by atoms with Crippen molar-refractivity contribution in [2.45, 2.75) is 50.0 Å². The van der Waals surface area contributed by atoms with Crippen LogP contribution in [0.4, 0.5) is 0 Å². The van der Waals surface area contributed by atoms with Gasteiger partial charge in [-0.2, -0.15) is 0 Å². The molecule has 4 aliphatic rings. The zero-order valence-electron chi connectivity index (χ0n) is 17.8. The molecule has 4 saturated carbocycles. The van der Waals surface area contributed by atoms with Gasteiger partial charge in [-0.3, -0.25) is 0 Å². The Kier molecular flexibility index (Phi) is 4.85. The summed E-state index contributed by atoms with van der Waals surface area (Å²) in [5.74, 6) is 3.12. The van der Waals surface area contributed by atoms with Crippen LogP contribution in [0, 0.1) is 17.8 Å². The molecular formula is C26H30O4. The Morgan fingerprint density at radius 2 is 1.50 bits per heavy atom. The van der Waals surface area contributed by atoms with E-state index in [9.17, 15) is 9.90 Å². The summed E-state index contributed by atoms with van der Waals surface area (Å²) in [6, 6.07) is 13.2. The van der Waals surface area contributed by atoms with E-state index in [1.54, 1.807) is 31.4 Å². The Morgan fingerprint density at radius 3 is 2.03 bits per heavy atom. The van der Waals surface area contributed by atoms with E-state index >= 15 is 0 Å². The van der Waals surface area contributed by atoms with Crippen LogP contribution < -0.4 is 4.74 Å². The monoisotopic (exact) mass is 406 g/mol. The molecule has 4 bridgehead atoms. The van der Waals surface area contributed by atoms with Crippen molar-refractivity contribution < 1.29 is 19.4 Å². The maximum atomic E-state index is 11.7. The number of esters is 1. The van der Waals surface area contributed by atoms with Crippen molar-refractivity contribution >= 4 is 5.97 Å². The van der Waals surface area contributed by atoms with Crippen molar-refractivity contribution in [2.75, 3.05) is 14.2 Å². The van der Waals surface area contributed by atoms with E-state index in [0.29, 0.717) is 5.56 Å². The van der Waals surface area contributed by atoms with Gasteiger partial charge in [-0.25, -0.2) is 4.79 Å². The minimum absolute atomic E-state index is 0.199. The summed E-state index contributed by atoms with van der Waals surface area (Å²) in [7, 11) is 3.12. The molecule has 1 atom stereocenters. The number of aliphatic hydroxyl groups is 1. The largest absolute Gasteiger partial charge is 0.496 e. The first-order valence-corrected chi connectivity index (χ1v) is 11.1. The van der Waals surface area contributed by atoms with Crippen LogP contribution in [0.15, 0.2) is 42.5 Å². The van der Waals surface area contributed by atoms with E-state index < -0.39 is 6.10 Å². The summed E-state index contributed by atoms with van der Waals surface area (Å²) in [5.41, 5.74) is 3.62. The Morgan fingerprint density at radius 1 is 0.933 bits per heavy atom. The van der Waals surface area contributed by atoms with Crippen LogP contribution >= 0.6 is 0 Å². The average Bonchev–Trinajstić information content (AvgIpc) is 2.77. The van der Waals surface area contributed by atoms with Gasteiger partial charge in [-0.15, -0.1) is 0 Å². The molecule has 0 amide bonds. The molecule has 2 aromatic carbocycles. The molecule has 30 heavy (non-hydrogen) atoms. The van der Waals surface area contributed by atoms with Crippen LogP contribution in [-0.4, -0.2) is 25.3 Å². The van der Waals surface area contributed by atoms with Crippen LogP contribution in [0.1, 0.15) is 71.7 Å². The topological polar surface area (TPSA) is 55.8 Å². The van der Waals surface area contributed by atoms with E-state index in [4.69, 9.17) is 9.47 Å². The van der Waals surface area contributed by atoms with Gasteiger partial charge in [0.15, 0.2) is 0 Å². The third kappa shape index (κ3) is 3.22.